The molecule has 0 amide bonds. The topological polar surface area (TPSA) is 29.9 Å². The predicted octanol–water partition coefficient (Wildman–Crippen LogP) is 4.75. The van der Waals surface area contributed by atoms with Gasteiger partial charge >= 0.3 is 0 Å². The van der Waals surface area contributed by atoms with Crippen molar-refractivity contribution in [2.24, 2.45) is 7.05 Å². The van der Waals surface area contributed by atoms with Crippen molar-refractivity contribution in [2.75, 3.05) is 5.32 Å². The van der Waals surface area contributed by atoms with Crippen molar-refractivity contribution in [1.29, 1.82) is 0 Å². The highest BCUT2D eigenvalue weighted by Gasteiger charge is 2.20. The molecule has 0 aliphatic carbocycles. The summed E-state index contributed by atoms with van der Waals surface area (Å²) in [7, 11) is 2.02. The Kier molecular flexibility index (Phi) is 4.12. The van der Waals surface area contributed by atoms with Crippen LogP contribution >= 0.6 is 27.3 Å². The fraction of sp³-hybridized carbons (Fsp3) is 0.188. The lowest BCUT2D eigenvalue weighted by atomic mass is 10.2. The maximum absolute atomic E-state index is 4.51. The second-order valence-corrected chi connectivity index (χ2v) is 6.81. The molecule has 0 saturated carbocycles. The zero-order valence-corrected chi connectivity index (χ0v) is 14.3. The Labute approximate surface area is 136 Å². The van der Waals surface area contributed by atoms with E-state index in [0.29, 0.717) is 0 Å². The van der Waals surface area contributed by atoms with Crippen molar-refractivity contribution < 1.29 is 0 Å². The highest BCUT2D eigenvalue weighted by atomic mass is 79.9. The third-order valence-corrected chi connectivity index (χ3v) is 4.96. The van der Waals surface area contributed by atoms with Crippen LogP contribution in [-0.4, -0.2) is 9.55 Å². The Bertz CT molecular complexity index is 734. The van der Waals surface area contributed by atoms with Crippen molar-refractivity contribution in [2.45, 2.75) is 13.0 Å². The first-order chi connectivity index (χ1) is 10.1. The minimum Gasteiger partial charge on any atom is -0.370 e. The molecule has 1 atom stereocenters. The van der Waals surface area contributed by atoms with E-state index in [1.807, 2.05) is 19.4 Å². The molecular weight excluding hydrogens is 346 g/mol. The number of aryl methyl sites for hydroxylation is 2. The minimum atomic E-state index is 0.0454. The van der Waals surface area contributed by atoms with Gasteiger partial charge in [0.15, 0.2) is 0 Å². The van der Waals surface area contributed by atoms with Crippen LogP contribution in [0.4, 0.5) is 5.69 Å². The predicted molar refractivity (Wildman–Crippen MR) is 91.9 cm³/mol. The Morgan fingerprint density at radius 3 is 2.81 bits per heavy atom. The molecular formula is C16H16BrN3S. The molecule has 2 heterocycles. The maximum Gasteiger partial charge on any atom is 0.136 e. The monoisotopic (exact) mass is 361 g/mol. The lowest BCUT2D eigenvalue weighted by molar-refractivity contribution is 0.756. The molecule has 1 N–H and O–H groups in total. The summed E-state index contributed by atoms with van der Waals surface area (Å²) in [5.41, 5.74) is 2.30. The zero-order valence-electron chi connectivity index (χ0n) is 11.9. The average Bonchev–Trinajstić information content (AvgIpc) is 3.10. The number of aromatic nitrogens is 2. The van der Waals surface area contributed by atoms with Crippen LogP contribution in [0.5, 0.6) is 0 Å². The van der Waals surface area contributed by atoms with E-state index in [-0.39, 0.29) is 6.04 Å². The summed E-state index contributed by atoms with van der Waals surface area (Å²) >= 11 is 5.37. The number of hydrogen-bond donors (Lipinski definition) is 1. The molecule has 0 bridgehead atoms. The molecule has 3 aromatic rings. The van der Waals surface area contributed by atoms with Crippen molar-refractivity contribution >= 4 is 33.0 Å². The van der Waals surface area contributed by atoms with Crippen LogP contribution in [0.2, 0.25) is 0 Å². The Morgan fingerprint density at radius 2 is 2.19 bits per heavy atom. The fourth-order valence-corrected chi connectivity index (χ4v) is 3.65. The molecule has 1 aromatic carbocycles. The zero-order chi connectivity index (χ0) is 14.8. The van der Waals surface area contributed by atoms with Crippen LogP contribution in [0, 0.1) is 6.92 Å². The first-order valence-electron chi connectivity index (χ1n) is 6.68. The summed E-state index contributed by atoms with van der Waals surface area (Å²) in [4.78, 5) is 5.75. The average molecular weight is 362 g/mol. The van der Waals surface area contributed by atoms with Crippen LogP contribution in [0.1, 0.15) is 22.3 Å². The summed E-state index contributed by atoms with van der Waals surface area (Å²) in [6, 6.07) is 10.6. The fourth-order valence-electron chi connectivity index (χ4n) is 2.27. The third kappa shape index (κ3) is 3.04. The highest BCUT2D eigenvalue weighted by Crippen LogP contribution is 2.32. The molecule has 5 heteroatoms. The molecule has 0 saturated heterocycles. The molecule has 3 rings (SSSR count). The molecule has 108 valence electrons. The van der Waals surface area contributed by atoms with Crippen molar-refractivity contribution in [3.05, 3.63) is 68.8 Å². The van der Waals surface area contributed by atoms with Crippen LogP contribution in [-0.2, 0) is 7.05 Å². The number of rotatable bonds is 4. The Hall–Kier alpha value is -1.59. The first kappa shape index (κ1) is 14.4. The van der Waals surface area contributed by atoms with E-state index in [1.165, 1.54) is 10.4 Å². The second kappa shape index (κ2) is 6.03. The molecule has 0 aliphatic heterocycles. The van der Waals surface area contributed by atoms with E-state index in [4.69, 9.17) is 0 Å². The molecule has 2 aromatic heterocycles. The third-order valence-electron chi connectivity index (χ3n) is 3.37. The second-order valence-electron chi connectivity index (χ2n) is 4.97. The number of thiophene rings is 1. The van der Waals surface area contributed by atoms with E-state index in [2.05, 4.69) is 73.4 Å². The SMILES string of the molecule is Cc1ccc(NC(c2cccs2)c2nccn2C)c(Br)c1. The van der Waals surface area contributed by atoms with Gasteiger partial charge in [0, 0.05) is 34.5 Å². The van der Waals surface area contributed by atoms with E-state index in [1.54, 1.807) is 11.3 Å². The number of nitrogens with zero attached hydrogens (tertiary/aromatic N) is 2. The van der Waals surface area contributed by atoms with E-state index in [0.717, 1.165) is 16.0 Å². The van der Waals surface area contributed by atoms with E-state index >= 15 is 0 Å². The lowest BCUT2D eigenvalue weighted by Crippen LogP contribution is -2.16. The van der Waals surface area contributed by atoms with E-state index < -0.39 is 0 Å². The number of hydrogen-bond acceptors (Lipinski definition) is 3. The largest absolute Gasteiger partial charge is 0.370 e. The maximum atomic E-state index is 4.51. The molecule has 3 nitrogen and oxygen atoms in total. The van der Waals surface area contributed by atoms with Crippen LogP contribution in [0.25, 0.3) is 0 Å². The van der Waals surface area contributed by atoms with Gasteiger partial charge in [-0.05, 0) is 52.0 Å². The number of halogens is 1. The normalized spacial score (nSPS) is 12.3. The van der Waals surface area contributed by atoms with Gasteiger partial charge in [-0.1, -0.05) is 12.1 Å². The van der Waals surface area contributed by atoms with Gasteiger partial charge in [-0.2, -0.15) is 0 Å². The number of anilines is 1. The van der Waals surface area contributed by atoms with Gasteiger partial charge in [-0.25, -0.2) is 4.98 Å². The number of benzene rings is 1. The Morgan fingerprint density at radius 1 is 1.33 bits per heavy atom. The number of imidazole rings is 1. The summed E-state index contributed by atoms with van der Waals surface area (Å²) < 4.78 is 3.12. The summed E-state index contributed by atoms with van der Waals surface area (Å²) in [6.07, 6.45) is 3.81. The molecule has 1 unspecified atom stereocenters. The summed E-state index contributed by atoms with van der Waals surface area (Å²) in [5.74, 6) is 1.00. The Balaban J connectivity index is 1.99. The molecule has 0 fully saturated rings. The standard InChI is InChI=1S/C16H16BrN3S/c1-11-5-6-13(12(17)10-11)19-15(14-4-3-9-21-14)16-18-7-8-20(16)2/h3-10,15,19H,1-2H3. The lowest BCUT2D eigenvalue weighted by Gasteiger charge is -2.19. The highest BCUT2D eigenvalue weighted by molar-refractivity contribution is 9.10. The molecule has 0 aliphatic rings. The van der Waals surface area contributed by atoms with Gasteiger partial charge in [-0.15, -0.1) is 11.3 Å². The minimum absolute atomic E-state index is 0.0454. The molecule has 21 heavy (non-hydrogen) atoms. The molecule has 0 spiro atoms. The summed E-state index contributed by atoms with van der Waals surface area (Å²) in [6.45, 7) is 2.09. The summed E-state index contributed by atoms with van der Waals surface area (Å²) in [5, 5.41) is 5.69. The van der Waals surface area contributed by atoms with Crippen LogP contribution in [0.15, 0.2) is 52.6 Å². The van der Waals surface area contributed by atoms with Gasteiger partial charge in [-0.3, -0.25) is 0 Å². The van der Waals surface area contributed by atoms with Crippen molar-refractivity contribution in [3.8, 4) is 0 Å². The van der Waals surface area contributed by atoms with Gasteiger partial charge in [0.1, 0.15) is 11.9 Å². The van der Waals surface area contributed by atoms with Crippen LogP contribution < -0.4 is 5.32 Å². The van der Waals surface area contributed by atoms with Gasteiger partial charge in [0.25, 0.3) is 0 Å². The van der Waals surface area contributed by atoms with Gasteiger partial charge < -0.3 is 9.88 Å². The smallest absolute Gasteiger partial charge is 0.136 e. The van der Waals surface area contributed by atoms with Crippen LogP contribution in [0.3, 0.4) is 0 Å². The molecule has 0 radical (unpaired) electrons. The van der Waals surface area contributed by atoms with Gasteiger partial charge in [0.05, 0.1) is 0 Å². The van der Waals surface area contributed by atoms with E-state index in [9.17, 15) is 0 Å². The van der Waals surface area contributed by atoms with Crippen molar-refractivity contribution in [1.82, 2.24) is 9.55 Å². The quantitative estimate of drug-likeness (QED) is 0.726. The number of nitrogens with one attached hydrogen (secondary N) is 1. The first-order valence-corrected chi connectivity index (χ1v) is 8.36. The van der Waals surface area contributed by atoms with Gasteiger partial charge in [0.2, 0.25) is 0 Å². The van der Waals surface area contributed by atoms with Crippen molar-refractivity contribution in [3.63, 3.8) is 0 Å².